The number of nitrogens with one attached hydrogen (secondary N) is 1. The smallest absolute Gasteiger partial charge is 0.133 e. The molecule has 0 unspecified atom stereocenters. The molecule has 0 radical (unpaired) electrons. The Kier molecular flexibility index (Phi) is 4.12. The van der Waals surface area contributed by atoms with Gasteiger partial charge in [-0.05, 0) is 6.92 Å². The maximum Gasteiger partial charge on any atom is 0.133 e. The number of benzene rings is 2. The first kappa shape index (κ1) is 13.6. The van der Waals surface area contributed by atoms with Crippen LogP contribution >= 0.6 is 0 Å². The molecule has 3 heteroatoms. The molecule has 3 nitrogen and oxygen atoms in total. The number of hydrogen-bond acceptors (Lipinski definition) is 2. The minimum absolute atomic E-state index is 0.503. The highest BCUT2D eigenvalue weighted by Crippen LogP contribution is 2.29. The van der Waals surface area contributed by atoms with E-state index in [1.165, 1.54) is 0 Å². The third-order valence-electron chi connectivity index (χ3n) is 3.31. The van der Waals surface area contributed by atoms with Crippen LogP contribution in [0.25, 0.3) is 22.5 Å². The first-order chi connectivity index (χ1) is 10.4. The van der Waals surface area contributed by atoms with Crippen molar-refractivity contribution < 1.29 is 4.74 Å². The van der Waals surface area contributed by atoms with E-state index in [0.29, 0.717) is 13.2 Å². The Hall–Kier alpha value is -2.39. The van der Waals surface area contributed by atoms with Crippen LogP contribution < -0.4 is 0 Å². The normalized spacial score (nSPS) is 10.7. The van der Waals surface area contributed by atoms with Gasteiger partial charge in [-0.3, -0.25) is 0 Å². The maximum absolute atomic E-state index is 5.47. The molecule has 1 heterocycles. The summed E-state index contributed by atoms with van der Waals surface area (Å²) in [4.78, 5) is 8.11. The fourth-order valence-electron chi connectivity index (χ4n) is 2.31. The fraction of sp³-hybridized carbons (Fsp3) is 0.167. The van der Waals surface area contributed by atoms with Gasteiger partial charge >= 0.3 is 0 Å². The lowest BCUT2D eigenvalue weighted by Crippen LogP contribution is -1.93. The van der Waals surface area contributed by atoms with E-state index < -0.39 is 0 Å². The molecule has 1 N–H and O–H groups in total. The van der Waals surface area contributed by atoms with E-state index in [4.69, 9.17) is 9.72 Å². The van der Waals surface area contributed by atoms with Crippen molar-refractivity contribution in [2.45, 2.75) is 13.5 Å². The van der Waals surface area contributed by atoms with Crippen LogP contribution in [0.5, 0.6) is 0 Å². The molecule has 2 aromatic carbocycles. The molecular formula is C18H18N2O. The number of rotatable bonds is 5. The Morgan fingerprint density at radius 2 is 1.52 bits per heavy atom. The summed E-state index contributed by atoms with van der Waals surface area (Å²) in [6.07, 6.45) is 0. The van der Waals surface area contributed by atoms with Gasteiger partial charge in [0.25, 0.3) is 0 Å². The van der Waals surface area contributed by atoms with Gasteiger partial charge in [0.1, 0.15) is 12.4 Å². The second kappa shape index (κ2) is 6.37. The summed E-state index contributed by atoms with van der Waals surface area (Å²) in [5.41, 5.74) is 4.25. The molecule has 0 aliphatic carbocycles. The summed E-state index contributed by atoms with van der Waals surface area (Å²) in [6, 6.07) is 20.5. The zero-order chi connectivity index (χ0) is 14.5. The van der Waals surface area contributed by atoms with E-state index in [9.17, 15) is 0 Å². The SMILES string of the molecule is CCOCc1nc(-c2ccccc2)c(-c2ccccc2)[nH]1. The van der Waals surface area contributed by atoms with Gasteiger partial charge in [0.05, 0.1) is 11.4 Å². The maximum atomic E-state index is 5.47. The molecule has 1 aromatic heterocycles. The van der Waals surface area contributed by atoms with Gasteiger partial charge in [0.2, 0.25) is 0 Å². The van der Waals surface area contributed by atoms with E-state index in [1.807, 2.05) is 43.3 Å². The monoisotopic (exact) mass is 278 g/mol. The van der Waals surface area contributed by atoms with E-state index in [2.05, 4.69) is 29.2 Å². The lowest BCUT2D eigenvalue weighted by Gasteiger charge is -2.02. The third kappa shape index (κ3) is 3.03. The predicted molar refractivity (Wildman–Crippen MR) is 84.8 cm³/mol. The first-order valence-electron chi connectivity index (χ1n) is 7.16. The Labute approximate surface area is 124 Å². The van der Waals surface area contributed by atoms with Crippen LogP contribution in [0.1, 0.15) is 12.7 Å². The molecule has 106 valence electrons. The Balaban J connectivity index is 2.06. The predicted octanol–water partition coefficient (Wildman–Crippen LogP) is 4.28. The molecule has 3 rings (SSSR count). The van der Waals surface area contributed by atoms with Crippen molar-refractivity contribution in [2.24, 2.45) is 0 Å². The van der Waals surface area contributed by atoms with Crippen LogP contribution in [-0.2, 0) is 11.3 Å². The molecule has 0 saturated heterocycles. The summed E-state index contributed by atoms with van der Waals surface area (Å²) in [7, 11) is 0. The quantitative estimate of drug-likeness (QED) is 0.756. The summed E-state index contributed by atoms with van der Waals surface area (Å²) in [6.45, 7) is 3.17. The van der Waals surface area contributed by atoms with E-state index >= 15 is 0 Å². The number of nitrogens with zero attached hydrogens (tertiary/aromatic N) is 1. The van der Waals surface area contributed by atoms with Crippen LogP contribution in [0.2, 0.25) is 0 Å². The lowest BCUT2D eigenvalue weighted by molar-refractivity contribution is 0.129. The molecule has 3 aromatic rings. The standard InChI is InChI=1S/C18H18N2O/c1-2-21-13-16-19-17(14-9-5-3-6-10-14)18(20-16)15-11-7-4-8-12-15/h3-12H,2,13H2,1H3,(H,19,20). The molecule has 0 saturated carbocycles. The van der Waals surface area contributed by atoms with Crippen molar-refractivity contribution in [3.05, 3.63) is 66.5 Å². The molecule has 0 spiro atoms. The number of aromatic nitrogens is 2. The Bertz CT molecular complexity index is 633. The molecule has 0 amide bonds. The van der Waals surface area contributed by atoms with Crippen LogP contribution in [-0.4, -0.2) is 16.6 Å². The van der Waals surface area contributed by atoms with Crippen LogP contribution in [0.4, 0.5) is 0 Å². The first-order valence-corrected chi connectivity index (χ1v) is 7.16. The fourth-order valence-corrected chi connectivity index (χ4v) is 2.31. The van der Waals surface area contributed by atoms with Crippen molar-refractivity contribution in [3.8, 4) is 22.5 Å². The van der Waals surface area contributed by atoms with Gasteiger partial charge < -0.3 is 9.72 Å². The van der Waals surface area contributed by atoms with Crippen molar-refractivity contribution in [1.29, 1.82) is 0 Å². The molecule has 0 aliphatic rings. The summed E-state index contributed by atoms with van der Waals surface area (Å²) >= 11 is 0. The number of imidazole rings is 1. The summed E-state index contributed by atoms with van der Waals surface area (Å²) < 4.78 is 5.47. The van der Waals surface area contributed by atoms with Crippen molar-refractivity contribution in [2.75, 3.05) is 6.61 Å². The Morgan fingerprint density at radius 3 is 2.14 bits per heavy atom. The number of aromatic amines is 1. The number of ether oxygens (including phenoxy) is 1. The van der Waals surface area contributed by atoms with Crippen molar-refractivity contribution in [3.63, 3.8) is 0 Å². The van der Waals surface area contributed by atoms with Crippen LogP contribution in [0, 0.1) is 0 Å². The molecular weight excluding hydrogens is 260 g/mol. The molecule has 0 fully saturated rings. The highest BCUT2D eigenvalue weighted by atomic mass is 16.5. The van der Waals surface area contributed by atoms with E-state index in [-0.39, 0.29) is 0 Å². The average molecular weight is 278 g/mol. The second-order valence-corrected chi connectivity index (χ2v) is 4.78. The van der Waals surface area contributed by atoms with Crippen LogP contribution in [0.3, 0.4) is 0 Å². The third-order valence-corrected chi connectivity index (χ3v) is 3.31. The van der Waals surface area contributed by atoms with Crippen molar-refractivity contribution in [1.82, 2.24) is 9.97 Å². The van der Waals surface area contributed by atoms with Crippen LogP contribution in [0.15, 0.2) is 60.7 Å². The van der Waals surface area contributed by atoms with Gasteiger partial charge in [-0.15, -0.1) is 0 Å². The van der Waals surface area contributed by atoms with E-state index in [0.717, 1.165) is 28.3 Å². The van der Waals surface area contributed by atoms with Gasteiger partial charge in [-0.2, -0.15) is 0 Å². The molecule has 0 bridgehead atoms. The van der Waals surface area contributed by atoms with Gasteiger partial charge in [0, 0.05) is 17.7 Å². The van der Waals surface area contributed by atoms with Gasteiger partial charge in [-0.25, -0.2) is 4.98 Å². The largest absolute Gasteiger partial charge is 0.374 e. The topological polar surface area (TPSA) is 37.9 Å². The highest BCUT2D eigenvalue weighted by molar-refractivity contribution is 5.78. The average Bonchev–Trinajstić information content (AvgIpc) is 2.99. The minimum Gasteiger partial charge on any atom is -0.374 e. The summed E-state index contributed by atoms with van der Waals surface area (Å²) in [5.74, 6) is 0.856. The van der Waals surface area contributed by atoms with Crippen molar-refractivity contribution >= 4 is 0 Å². The number of hydrogen-bond donors (Lipinski definition) is 1. The Morgan fingerprint density at radius 1 is 0.905 bits per heavy atom. The number of H-pyrrole nitrogens is 1. The summed E-state index contributed by atoms with van der Waals surface area (Å²) in [5, 5.41) is 0. The molecule has 0 atom stereocenters. The van der Waals surface area contributed by atoms with Gasteiger partial charge in [0.15, 0.2) is 0 Å². The second-order valence-electron chi connectivity index (χ2n) is 4.78. The molecule has 21 heavy (non-hydrogen) atoms. The van der Waals surface area contributed by atoms with Gasteiger partial charge in [-0.1, -0.05) is 60.7 Å². The zero-order valence-corrected chi connectivity index (χ0v) is 12.0. The molecule has 0 aliphatic heterocycles. The zero-order valence-electron chi connectivity index (χ0n) is 12.0. The highest BCUT2D eigenvalue weighted by Gasteiger charge is 2.13. The lowest BCUT2D eigenvalue weighted by atomic mass is 10.1. The van der Waals surface area contributed by atoms with E-state index in [1.54, 1.807) is 0 Å². The minimum atomic E-state index is 0.503.